The summed E-state index contributed by atoms with van der Waals surface area (Å²) >= 11 is 0. The van der Waals surface area contributed by atoms with Crippen LogP contribution in [-0.2, 0) is 4.79 Å². The van der Waals surface area contributed by atoms with Crippen LogP contribution in [0.4, 0.5) is 0 Å². The fraction of sp³-hybridized carbons (Fsp3) is 0.167. The fourth-order valence-corrected chi connectivity index (χ4v) is 0.821. The number of carboxylic acids is 2. The van der Waals surface area contributed by atoms with E-state index >= 15 is 0 Å². The maximum atomic E-state index is 10.5. The highest BCUT2D eigenvalue weighted by Gasteiger charge is 2.07. The molecule has 5 heteroatoms. The highest BCUT2D eigenvalue weighted by molar-refractivity contribution is 5.90. The van der Waals surface area contributed by atoms with E-state index in [0.29, 0.717) is 5.75 Å². The molecule has 0 aliphatic rings. The molecule has 5 nitrogen and oxygen atoms in total. The van der Waals surface area contributed by atoms with E-state index in [4.69, 9.17) is 14.9 Å². The standard InChI is InChI=1S/C8H8O3.C4H6O2/c1-11-7-5-3-2-4-6(7)8(9)10;1-3(2)4(5)6/h2-5H,1H3,(H,9,10);1H2,2H3,(H,5,6). The highest BCUT2D eigenvalue weighted by Crippen LogP contribution is 2.16. The number of benzene rings is 1. The molecule has 0 spiro atoms. The number of carboxylic acid groups (broad SMARTS) is 2. The van der Waals surface area contributed by atoms with Crippen molar-refractivity contribution in [3.05, 3.63) is 42.0 Å². The molecule has 0 bridgehead atoms. The normalized spacial score (nSPS) is 8.59. The van der Waals surface area contributed by atoms with Crippen LogP contribution in [-0.4, -0.2) is 29.3 Å². The topological polar surface area (TPSA) is 83.8 Å². The van der Waals surface area contributed by atoms with Crippen molar-refractivity contribution in [3.8, 4) is 5.75 Å². The lowest BCUT2D eigenvalue weighted by atomic mass is 10.2. The van der Waals surface area contributed by atoms with E-state index in [1.165, 1.54) is 20.1 Å². The molecule has 0 saturated heterocycles. The minimum atomic E-state index is -0.970. The van der Waals surface area contributed by atoms with E-state index in [0.717, 1.165) is 0 Å². The Hall–Kier alpha value is -2.30. The molecule has 2 N–H and O–H groups in total. The van der Waals surface area contributed by atoms with Crippen molar-refractivity contribution in [2.45, 2.75) is 6.92 Å². The van der Waals surface area contributed by atoms with Gasteiger partial charge in [-0.2, -0.15) is 0 Å². The van der Waals surface area contributed by atoms with Gasteiger partial charge in [0.1, 0.15) is 11.3 Å². The number of rotatable bonds is 3. The highest BCUT2D eigenvalue weighted by atomic mass is 16.5. The molecule has 0 atom stereocenters. The summed E-state index contributed by atoms with van der Waals surface area (Å²) in [6, 6.07) is 6.50. The molecular formula is C12H14O5. The van der Waals surface area contributed by atoms with Crippen LogP contribution >= 0.6 is 0 Å². The summed E-state index contributed by atoms with van der Waals surface area (Å²) < 4.78 is 4.83. The Morgan fingerprint density at radius 1 is 1.24 bits per heavy atom. The van der Waals surface area contributed by atoms with Crippen molar-refractivity contribution in [2.75, 3.05) is 7.11 Å². The van der Waals surface area contributed by atoms with Crippen LogP contribution in [0.25, 0.3) is 0 Å². The van der Waals surface area contributed by atoms with Gasteiger partial charge in [-0.3, -0.25) is 0 Å². The molecule has 1 rings (SSSR count). The van der Waals surface area contributed by atoms with E-state index in [1.807, 2.05) is 0 Å². The van der Waals surface area contributed by atoms with Gasteiger partial charge in [-0.25, -0.2) is 9.59 Å². The van der Waals surface area contributed by atoms with Gasteiger partial charge in [0, 0.05) is 5.57 Å². The molecule has 1 aromatic rings. The SMILES string of the molecule is C=C(C)C(=O)O.COc1ccccc1C(=O)O. The average Bonchev–Trinajstić information content (AvgIpc) is 2.29. The third kappa shape index (κ3) is 5.36. The number of para-hydroxylation sites is 1. The van der Waals surface area contributed by atoms with Gasteiger partial charge in [-0.05, 0) is 19.1 Å². The Labute approximate surface area is 99.0 Å². The number of methoxy groups -OCH3 is 1. The molecule has 0 saturated carbocycles. The molecule has 0 aromatic heterocycles. The molecule has 0 fully saturated rings. The summed E-state index contributed by atoms with van der Waals surface area (Å²) in [5.41, 5.74) is 0.366. The van der Waals surface area contributed by atoms with Crippen molar-refractivity contribution < 1.29 is 24.5 Å². The maximum absolute atomic E-state index is 10.5. The zero-order chi connectivity index (χ0) is 13.4. The zero-order valence-electron chi connectivity index (χ0n) is 9.64. The molecule has 1 aromatic carbocycles. The number of hydrogen-bond acceptors (Lipinski definition) is 3. The Bertz CT molecular complexity index is 411. The third-order valence-electron chi connectivity index (χ3n) is 1.70. The van der Waals surface area contributed by atoms with Gasteiger partial charge in [-0.15, -0.1) is 0 Å². The molecule has 92 valence electrons. The van der Waals surface area contributed by atoms with Gasteiger partial charge in [0.25, 0.3) is 0 Å². The van der Waals surface area contributed by atoms with Gasteiger partial charge >= 0.3 is 11.9 Å². The molecule has 0 heterocycles. The quantitative estimate of drug-likeness (QED) is 0.787. The first-order valence-corrected chi connectivity index (χ1v) is 4.65. The fourth-order valence-electron chi connectivity index (χ4n) is 0.821. The van der Waals surface area contributed by atoms with Crippen LogP contribution in [0.2, 0.25) is 0 Å². The van der Waals surface area contributed by atoms with E-state index < -0.39 is 11.9 Å². The summed E-state index contributed by atoms with van der Waals surface area (Å²) in [4.78, 5) is 20.1. The van der Waals surface area contributed by atoms with Gasteiger partial charge in [-0.1, -0.05) is 18.7 Å². The third-order valence-corrected chi connectivity index (χ3v) is 1.70. The summed E-state index contributed by atoms with van der Waals surface area (Å²) in [7, 11) is 1.45. The van der Waals surface area contributed by atoms with Crippen molar-refractivity contribution >= 4 is 11.9 Å². The molecule has 0 radical (unpaired) electrons. The minimum Gasteiger partial charge on any atom is -0.496 e. The van der Waals surface area contributed by atoms with Crippen LogP contribution in [0, 0.1) is 0 Å². The summed E-state index contributed by atoms with van der Waals surface area (Å²) in [5, 5.41) is 16.5. The van der Waals surface area contributed by atoms with Crippen LogP contribution in [0.15, 0.2) is 36.4 Å². The molecule has 0 aliphatic carbocycles. The number of ether oxygens (including phenoxy) is 1. The molecule has 0 aliphatic heterocycles. The number of carbonyl (C=O) groups is 2. The summed E-state index contributed by atoms with van der Waals surface area (Å²) in [6.45, 7) is 4.60. The second kappa shape index (κ2) is 7.05. The van der Waals surface area contributed by atoms with Crippen LogP contribution < -0.4 is 4.74 Å². The summed E-state index contributed by atoms with van der Waals surface area (Å²) in [5.74, 6) is -1.52. The lowest BCUT2D eigenvalue weighted by molar-refractivity contribution is -0.132. The number of aliphatic carboxylic acids is 1. The lowest BCUT2D eigenvalue weighted by Crippen LogP contribution is -1.99. The van der Waals surface area contributed by atoms with Gasteiger partial charge in [0.05, 0.1) is 7.11 Å². The van der Waals surface area contributed by atoms with E-state index in [1.54, 1.807) is 18.2 Å². The Morgan fingerprint density at radius 3 is 2.00 bits per heavy atom. The molecule has 0 amide bonds. The predicted octanol–water partition coefficient (Wildman–Crippen LogP) is 2.04. The molecule has 0 unspecified atom stereocenters. The van der Waals surface area contributed by atoms with Crippen LogP contribution in [0.5, 0.6) is 5.75 Å². The predicted molar refractivity (Wildman–Crippen MR) is 62.4 cm³/mol. The van der Waals surface area contributed by atoms with Crippen molar-refractivity contribution in [3.63, 3.8) is 0 Å². The van der Waals surface area contributed by atoms with Crippen molar-refractivity contribution in [2.24, 2.45) is 0 Å². The maximum Gasteiger partial charge on any atom is 0.339 e. The largest absolute Gasteiger partial charge is 0.496 e. The minimum absolute atomic E-state index is 0.176. The monoisotopic (exact) mass is 238 g/mol. The van der Waals surface area contributed by atoms with Crippen LogP contribution in [0.3, 0.4) is 0 Å². The van der Waals surface area contributed by atoms with Crippen molar-refractivity contribution in [1.29, 1.82) is 0 Å². The smallest absolute Gasteiger partial charge is 0.339 e. The Morgan fingerprint density at radius 2 is 1.71 bits per heavy atom. The lowest BCUT2D eigenvalue weighted by Gasteiger charge is -2.01. The van der Waals surface area contributed by atoms with Gasteiger partial charge in [0.15, 0.2) is 0 Å². The van der Waals surface area contributed by atoms with Crippen molar-refractivity contribution in [1.82, 2.24) is 0 Å². The average molecular weight is 238 g/mol. The first kappa shape index (κ1) is 14.7. The first-order valence-electron chi connectivity index (χ1n) is 4.65. The second-order valence-corrected chi connectivity index (χ2v) is 3.09. The van der Waals surface area contributed by atoms with E-state index in [9.17, 15) is 9.59 Å². The second-order valence-electron chi connectivity index (χ2n) is 3.09. The number of aromatic carboxylic acids is 1. The summed E-state index contributed by atoms with van der Waals surface area (Å²) in [6.07, 6.45) is 0. The van der Waals surface area contributed by atoms with Gasteiger partial charge in [0.2, 0.25) is 0 Å². The number of hydrogen-bond donors (Lipinski definition) is 2. The van der Waals surface area contributed by atoms with E-state index in [-0.39, 0.29) is 11.1 Å². The first-order chi connectivity index (χ1) is 7.90. The van der Waals surface area contributed by atoms with Gasteiger partial charge < -0.3 is 14.9 Å². The zero-order valence-corrected chi connectivity index (χ0v) is 9.64. The Kier molecular flexibility index (Phi) is 6.10. The van der Waals surface area contributed by atoms with E-state index in [2.05, 4.69) is 6.58 Å². The van der Waals surface area contributed by atoms with Crippen LogP contribution in [0.1, 0.15) is 17.3 Å². The molecular weight excluding hydrogens is 224 g/mol. The Balaban J connectivity index is 0.000000366. The molecule has 17 heavy (non-hydrogen) atoms.